The SMILES string of the molecule is Cc1cccnc1[C@@H](NC(=O)c1ccsc1)C(C)C. The molecule has 0 radical (unpaired) electrons. The van der Waals surface area contributed by atoms with Crippen LogP contribution in [0, 0.1) is 12.8 Å². The number of carbonyl (C=O) groups excluding carboxylic acids is 1. The van der Waals surface area contributed by atoms with Crippen LogP contribution in [0.5, 0.6) is 0 Å². The van der Waals surface area contributed by atoms with Gasteiger partial charge in [-0.25, -0.2) is 0 Å². The van der Waals surface area contributed by atoms with Gasteiger partial charge in [-0.1, -0.05) is 19.9 Å². The lowest BCUT2D eigenvalue weighted by atomic mass is 9.97. The minimum atomic E-state index is -0.0615. The Labute approximate surface area is 117 Å². The van der Waals surface area contributed by atoms with Crippen molar-refractivity contribution in [1.29, 1.82) is 0 Å². The lowest BCUT2D eigenvalue weighted by Gasteiger charge is -2.23. The van der Waals surface area contributed by atoms with Crippen LogP contribution in [0.15, 0.2) is 35.2 Å². The maximum atomic E-state index is 12.2. The van der Waals surface area contributed by atoms with Gasteiger partial charge in [-0.15, -0.1) is 0 Å². The first kappa shape index (κ1) is 13.7. The molecule has 0 saturated heterocycles. The minimum absolute atomic E-state index is 0.0370. The van der Waals surface area contributed by atoms with E-state index < -0.39 is 0 Å². The van der Waals surface area contributed by atoms with Crippen molar-refractivity contribution in [3.63, 3.8) is 0 Å². The van der Waals surface area contributed by atoms with E-state index in [4.69, 9.17) is 0 Å². The molecule has 100 valence electrons. The van der Waals surface area contributed by atoms with Crippen LogP contribution >= 0.6 is 11.3 Å². The van der Waals surface area contributed by atoms with Gasteiger partial charge in [-0.3, -0.25) is 9.78 Å². The first-order chi connectivity index (χ1) is 9.09. The molecule has 4 heteroatoms. The van der Waals surface area contributed by atoms with E-state index in [1.165, 1.54) is 11.3 Å². The Morgan fingerprint density at radius 2 is 2.16 bits per heavy atom. The van der Waals surface area contributed by atoms with E-state index >= 15 is 0 Å². The smallest absolute Gasteiger partial charge is 0.252 e. The molecule has 1 amide bonds. The van der Waals surface area contributed by atoms with E-state index in [0.29, 0.717) is 5.56 Å². The second-order valence-corrected chi connectivity index (χ2v) is 5.69. The van der Waals surface area contributed by atoms with Crippen LogP contribution in [0.1, 0.15) is 41.5 Å². The largest absolute Gasteiger partial charge is 0.343 e. The third-order valence-corrected chi connectivity index (χ3v) is 3.76. The number of pyridine rings is 1. The average Bonchev–Trinajstić information content (AvgIpc) is 2.90. The van der Waals surface area contributed by atoms with Gasteiger partial charge < -0.3 is 5.32 Å². The van der Waals surface area contributed by atoms with E-state index in [1.54, 1.807) is 6.20 Å². The molecule has 1 N–H and O–H groups in total. The Bertz CT molecular complexity index is 549. The van der Waals surface area contributed by atoms with Gasteiger partial charge in [0.05, 0.1) is 17.3 Å². The topological polar surface area (TPSA) is 42.0 Å². The lowest BCUT2D eigenvalue weighted by Crippen LogP contribution is -2.32. The number of amides is 1. The van der Waals surface area contributed by atoms with E-state index in [2.05, 4.69) is 24.1 Å². The van der Waals surface area contributed by atoms with Crippen molar-refractivity contribution in [3.05, 3.63) is 52.0 Å². The molecular weight excluding hydrogens is 256 g/mol. The van der Waals surface area contributed by atoms with Gasteiger partial charge in [0.1, 0.15) is 0 Å². The number of hydrogen-bond acceptors (Lipinski definition) is 3. The minimum Gasteiger partial charge on any atom is -0.343 e. The van der Waals surface area contributed by atoms with E-state index in [1.807, 2.05) is 35.9 Å². The van der Waals surface area contributed by atoms with Crippen LogP contribution in [0.2, 0.25) is 0 Å². The highest BCUT2D eigenvalue weighted by Crippen LogP contribution is 2.23. The van der Waals surface area contributed by atoms with Gasteiger partial charge in [-0.05, 0) is 35.9 Å². The molecule has 0 unspecified atom stereocenters. The maximum Gasteiger partial charge on any atom is 0.252 e. The summed E-state index contributed by atoms with van der Waals surface area (Å²) in [4.78, 5) is 16.6. The molecule has 0 aliphatic heterocycles. The predicted octanol–water partition coefficient (Wildman–Crippen LogP) is 3.58. The first-order valence-corrected chi connectivity index (χ1v) is 7.28. The average molecular weight is 274 g/mol. The number of nitrogens with zero attached hydrogens (tertiary/aromatic N) is 1. The molecule has 19 heavy (non-hydrogen) atoms. The summed E-state index contributed by atoms with van der Waals surface area (Å²) >= 11 is 1.53. The standard InChI is InChI=1S/C15H18N2OS/c1-10(2)13(14-11(3)5-4-7-16-14)17-15(18)12-6-8-19-9-12/h4-10,13H,1-3H3,(H,17,18)/t13-/m0/s1. The number of carbonyl (C=O) groups is 1. The number of thiophene rings is 1. The van der Waals surface area contributed by atoms with Gasteiger partial charge in [-0.2, -0.15) is 11.3 Å². The fraction of sp³-hybridized carbons (Fsp3) is 0.333. The molecule has 0 aliphatic rings. The third-order valence-electron chi connectivity index (χ3n) is 3.08. The van der Waals surface area contributed by atoms with Crippen molar-refractivity contribution in [2.75, 3.05) is 0 Å². The molecule has 0 saturated carbocycles. The van der Waals surface area contributed by atoms with Crippen molar-refractivity contribution in [2.45, 2.75) is 26.8 Å². The van der Waals surface area contributed by atoms with E-state index in [-0.39, 0.29) is 17.9 Å². The second kappa shape index (κ2) is 5.97. The molecular formula is C15H18N2OS. The van der Waals surface area contributed by atoms with Crippen molar-refractivity contribution < 1.29 is 4.79 Å². The van der Waals surface area contributed by atoms with Crippen molar-refractivity contribution in [1.82, 2.24) is 10.3 Å². The number of aryl methyl sites for hydroxylation is 1. The van der Waals surface area contributed by atoms with Gasteiger partial charge in [0.2, 0.25) is 0 Å². The summed E-state index contributed by atoms with van der Waals surface area (Å²) in [6, 6.07) is 5.71. The number of aromatic nitrogens is 1. The molecule has 2 aromatic rings. The molecule has 0 bridgehead atoms. The normalized spacial score (nSPS) is 12.4. The fourth-order valence-electron chi connectivity index (χ4n) is 1.99. The summed E-state index contributed by atoms with van der Waals surface area (Å²) in [6.07, 6.45) is 1.77. The molecule has 1 atom stereocenters. The summed E-state index contributed by atoms with van der Waals surface area (Å²) < 4.78 is 0. The Kier molecular flexibility index (Phi) is 4.32. The van der Waals surface area contributed by atoms with Gasteiger partial charge in [0, 0.05) is 11.6 Å². The van der Waals surface area contributed by atoms with Crippen LogP contribution < -0.4 is 5.32 Å². The highest BCUT2D eigenvalue weighted by atomic mass is 32.1. The number of nitrogens with one attached hydrogen (secondary N) is 1. The van der Waals surface area contributed by atoms with Gasteiger partial charge >= 0.3 is 0 Å². The second-order valence-electron chi connectivity index (χ2n) is 4.91. The maximum absolute atomic E-state index is 12.2. The zero-order valence-corrected chi connectivity index (χ0v) is 12.2. The highest BCUT2D eigenvalue weighted by Gasteiger charge is 2.21. The van der Waals surface area contributed by atoms with Crippen LogP contribution in [0.3, 0.4) is 0 Å². The van der Waals surface area contributed by atoms with E-state index in [9.17, 15) is 4.79 Å². The monoisotopic (exact) mass is 274 g/mol. The molecule has 0 fully saturated rings. The molecule has 0 aromatic carbocycles. The van der Waals surface area contributed by atoms with Crippen molar-refractivity contribution in [2.24, 2.45) is 5.92 Å². The molecule has 0 aliphatic carbocycles. The van der Waals surface area contributed by atoms with Crippen LogP contribution in [0.25, 0.3) is 0 Å². The van der Waals surface area contributed by atoms with Crippen LogP contribution in [0.4, 0.5) is 0 Å². The zero-order chi connectivity index (χ0) is 13.8. The highest BCUT2D eigenvalue weighted by molar-refractivity contribution is 7.08. The Balaban J connectivity index is 2.23. The summed E-state index contributed by atoms with van der Waals surface area (Å²) in [7, 11) is 0. The number of hydrogen-bond donors (Lipinski definition) is 1. The third kappa shape index (κ3) is 3.20. The first-order valence-electron chi connectivity index (χ1n) is 6.34. The molecule has 2 aromatic heterocycles. The van der Waals surface area contributed by atoms with E-state index in [0.717, 1.165) is 11.3 Å². The lowest BCUT2D eigenvalue weighted by molar-refractivity contribution is 0.0925. The summed E-state index contributed by atoms with van der Waals surface area (Å²) in [5, 5.41) is 6.85. The summed E-state index contributed by atoms with van der Waals surface area (Å²) in [6.45, 7) is 6.20. The van der Waals surface area contributed by atoms with Gasteiger partial charge in [0.25, 0.3) is 5.91 Å². The summed E-state index contributed by atoms with van der Waals surface area (Å²) in [5.41, 5.74) is 2.76. The predicted molar refractivity (Wildman–Crippen MR) is 78.3 cm³/mol. The molecule has 0 spiro atoms. The molecule has 3 nitrogen and oxygen atoms in total. The Morgan fingerprint density at radius 3 is 2.74 bits per heavy atom. The fourth-order valence-corrected chi connectivity index (χ4v) is 2.63. The van der Waals surface area contributed by atoms with Crippen LogP contribution in [-0.2, 0) is 0 Å². The Hall–Kier alpha value is -1.68. The zero-order valence-electron chi connectivity index (χ0n) is 11.4. The molecule has 2 rings (SSSR count). The van der Waals surface area contributed by atoms with Crippen molar-refractivity contribution in [3.8, 4) is 0 Å². The van der Waals surface area contributed by atoms with Gasteiger partial charge in [0.15, 0.2) is 0 Å². The van der Waals surface area contributed by atoms with Crippen LogP contribution in [-0.4, -0.2) is 10.9 Å². The Morgan fingerprint density at radius 1 is 1.37 bits per heavy atom. The summed E-state index contributed by atoms with van der Waals surface area (Å²) in [5.74, 6) is 0.251. The number of rotatable bonds is 4. The molecule has 2 heterocycles. The van der Waals surface area contributed by atoms with Crippen molar-refractivity contribution >= 4 is 17.2 Å². The quantitative estimate of drug-likeness (QED) is 0.926.